The summed E-state index contributed by atoms with van der Waals surface area (Å²) in [6.45, 7) is 5.60. The van der Waals surface area contributed by atoms with Crippen molar-refractivity contribution in [1.29, 1.82) is 0 Å². The molecule has 0 aromatic heterocycles. The molecule has 7 nitrogen and oxygen atoms in total. The second-order valence-corrected chi connectivity index (χ2v) is 7.61. The number of imide groups is 1. The number of hydrogen-bond donors (Lipinski definition) is 1. The zero-order chi connectivity index (χ0) is 20.1. The first-order chi connectivity index (χ1) is 12.8. The Labute approximate surface area is 169 Å². The zero-order valence-corrected chi connectivity index (χ0v) is 17.6. The van der Waals surface area contributed by atoms with Crippen LogP contribution in [0.5, 0.6) is 11.5 Å². The Morgan fingerprint density at radius 2 is 2.07 bits per heavy atom. The monoisotopic (exact) mass is 457 g/mol. The summed E-state index contributed by atoms with van der Waals surface area (Å²) in [5, 5.41) is 8.23. The van der Waals surface area contributed by atoms with Gasteiger partial charge in [-0.25, -0.2) is 0 Å². The third-order valence-electron chi connectivity index (χ3n) is 3.69. The second kappa shape index (κ2) is 9.27. The van der Waals surface area contributed by atoms with E-state index in [0.29, 0.717) is 44.8 Å². The summed E-state index contributed by atoms with van der Waals surface area (Å²) in [6, 6.07) is 3.47. The van der Waals surface area contributed by atoms with Crippen molar-refractivity contribution in [2.45, 2.75) is 33.3 Å². The van der Waals surface area contributed by atoms with E-state index >= 15 is 0 Å². The third-order valence-corrected chi connectivity index (χ3v) is 5.19. The first-order valence-electron chi connectivity index (χ1n) is 8.36. The minimum atomic E-state index is -1.24. The van der Waals surface area contributed by atoms with Crippen LogP contribution in [0.15, 0.2) is 21.5 Å². The van der Waals surface area contributed by atoms with Crippen molar-refractivity contribution < 1.29 is 29.0 Å². The van der Waals surface area contributed by atoms with Gasteiger partial charge in [-0.15, -0.1) is 0 Å². The molecule has 0 unspecified atom stereocenters. The number of aliphatic carboxylic acids is 1. The molecule has 1 N–H and O–H groups in total. The van der Waals surface area contributed by atoms with Crippen LogP contribution in [0.4, 0.5) is 4.79 Å². The number of carbonyl (C=O) groups excluding carboxylic acids is 2. The molecule has 1 aromatic carbocycles. The summed E-state index contributed by atoms with van der Waals surface area (Å²) in [5.41, 5.74) is 0.627. The normalized spacial score (nSPS) is 16.7. The van der Waals surface area contributed by atoms with Crippen molar-refractivity contribution in [3.8, 4) is 11.5 Å². The van der Waals surface area contributed by atoms with E-state index in [1.165, 1.54) is 6.08 Å². The highest BCUT2D eigenvalue weighted by molar-refractivity contribution is 9.10. The smallest absolute Gasteiger partial charge is 0.323 e. The average Bonchev–Trinajstić information content (AvgIpc) is 2.85. The number of ether oxygens (including phenoxy) is 2. The fraction of sp³-hybridized carbons (Fsp3) is 0.389. The summed E-state index contributed by atoms with van der Waals surface area (Å²) >= 11 is 4.18. The molecule has 146 valence electrons. The SMILES string of the molecule is CCOc1cc(/C=C2/SC(=O)N(CC(=O)O)C2=O)cc(Br)c1O[C@H](C)CC. The van der Waals surface area contributed by atoms with Crippen LogP contribution in [0.2, 0.25) is 0 Å². The van der Waals surface area contributed by atoms with Gasteiger partial charge in [0.15, 0.2) is 11.5 Å². The van der Waals surface area contributed by atoms with Gasteiger partial charge >= 0.3 is 5.97 Å². The number of halogens is 1. The number of carbonyl (C=O) groups is 3. The number of amides is 2. The van der Waals surface area contributed by atoms with Gasteiger partial charge in [0.05, 0.1) is 22.1 Å². The number of carboxylic acids is 1. The standard InChI is InChI=1S/C18H20BrNO6S/c1-4-10(3)26-16-12(19)6-11(7-13(16)25-5-2)8-14-17(23)20(9-15(21)22)18(24)27-14/h6-8,10H,4-5,9H2,1-3H3,(H,21,22)/b14-8+/t10-/m1/s1. The van der Waals surface area contributed by atoms with E-state index in [0.717, 1.165) is 6.42 Å². The van der Waals surface area contributed by atoms with Crippen molar-refractivity contribution >= 4 is 50.9 Å². The van der Waals surface area contributed by atoms with Crippen LogP contribution in [-0.4, -0.2) is 46.4 Å². The molecule has 1 fully saturated rings. The van der Waals surface area contributed by atoms with E-state index in [-0.39, 0.29) is 11.0 Å². The molecule has 1 aliphatic heterocycles. The minimum absolute atomic E-state index is 0.00104. The van der Waals surface area contributed by atoms with Crippen molar-refractivity contribution in [3.05, 3.63) is 27.1 Å². The van der Waals surface area contributed by atoms with Crippen LogP contribution in [0, 0.1) is 0 Å². The molecule has 2 rings (SSSR count). The van der Waals surface area contributed by atoms with E-state index in [1.54, 1.807) is 12.1 Å². The van der Waals surface area contributed by atoms with Crippen LogP contribution in [-0.2, 0) is 9.59 Å². The van der Waals surface area contributed by atoms with Gasteiger partial charge in [-0.2, -0.15) is 0 Å². The molecule has 27 heavy (non-hydrogen) atoms. The minimum Gasteiger partial charge on any atom is -0.490 e. The fourth-order valence-corrected chi connectivity index (χ4v) is 3.65. The predicted octanol–water partition coefficient (Wildman–Crippen LogP) is 4.15. The Morgan fingerprint density at radius 1 is 1.37 bits per heavy atom. The molecular weight excluding hydrogens is 438 g/mol. The maximum atomic E-state index is 12.3. The van der Waals surface area contributed by atoms with Gasteiger partial charge in [-0.3, -0.25) is 19.3 Å². The Hall–Kier alpha value is -2.00. The third kappa shape index (κ3) is 5.26. The highest BCUT2D eigenvalue weighted by atomic mass is 79.9. The number of benzene rings is 1. The summed E-state index contributed by atoms with van der Waals surface area (Å²) in [4.78, 5) is 35.8. The number of rotatable bonds is 8. The predicted molar refractivity (Wildman–Crippen MR) is 106 cm³/mol. The molecule has 0 bridgehead atoms. The van der Waals surface area contributed by atoms with Crippen LogP contribution < -0.4 is 9.47 Å². The van der Waals surface area contributed by atoms with Crippen LogP contribution in [0.3, 0.4) is 0 Å². The Morgan fingerprint density at radius 3 is 2.67 bits per heavy atom. The summed E-state index contributed by atoms with van der Waals surface area (Å²) in [7, 11) is 0. The average molecular weight is 458 g/mol. The molecule has 0 radical (unpaired) electrons. The van der Waals surface area contributed by atoms with Crippen molar-refractivity contribution in [2.75, 3.05) is 13.2 Å². The summed E-state index contributed by atoms with van der Waals surface area (Å²) in [5.74, 6) is -0.779. The molecule has 1 heterocycles. The number of nitrogens with zero attached hydrogens (tertiary/aromatic N) is 1. The lowest BCUT2D eigenvalue weighted by Crippen LogP contribution is -2.33. The van der Waals surface area contributed by atoms with Crippen LogP contribution in [0.25, 0.3) is 6.08 Å². The lowest BCUT2D eigenvalue weighted by molar-refractivity contribution is -0.140. The van der Waals surface area contributed by atoms with Gasteiger partial charge in [0.1, 0.15) is 6.54 Å². The van der Waals surface area contributed by atoms with Crippen molar-refractivity contribution in [1.82, 2.24) is 4.90 Å². The maximum Gasteiger partial charge on any atom is 0.323 e. The van der Waals surface area contributed by atoms with Gasteiger partial charge in [0.2, 0.25) is 0 Å². The molecule has 1 aliphatic rings. The topological polar surface area (TPSA) is 93.1 Å². The zero-order valence-electron chi connectivity index (χ0n) is 15.2. The lowest BCUT2D eigenvalue weighted by Gasteiger charge is -2.18. The maximum absolute atomic E-state index is 12.3. The van der Waals surface area contributed by atoms with E-state index in [2.05, 4.69) is 15.9 Å². The highest BCUT2D eigenvalue weighted by Gasteiger charge is 2.36. The second-order valence-electron chi connectivity index (χ2n) is 5.76. The van der Waals surface area contributed by atoms with Gasteiger partial charge in [-0.1, -0.05) is 6.92 Å². The van der Waals surface area contributed by atoms with Gasteiger partial charge in [0, 0.05) is 0 Å². The molecular formula is C18H20BrNO6S. The molecule has 1 aromatic rings. The Kier molecular flexibility index (Phi) is 7.32. The van der Waals surface area contributed by atoms with Gasteiger partial charge in [0.25, 0.3) is 11.1 Å². The van der Waals surface area contributed by atoms with Gasteiger partial charge in [-0.05, 0) is 71.7 Å². The van der Waals surface area contributed by atoms with E-state index in [4.69, 9.17) is 14.6 Å². The summed E-state index contributed by atoms with van der Waals surface area (Å²) in [6.07, 6.45) is 2.36. The van der Waals surface area contributed by atoms with Crippen LogP contribution in [0.1, 0.15) is 32.8 Å². The number of hydrogen-bond acceptors (Lipinski definition) is 6. The van der Waals surface area contributed by atoms with Gasteiger partial charge < -0.3 is 14.6 Å². The van der Waals surface area contributed by atoms with E-state index < -0.39 is 23.7 Å². The Balaban J connectivity index is 2.36. The molecule has 9 heteroatoms. The lowest BCUT2D eigenvalue weighted by atomic mass is 10.1. The first-order valence-corrected chi connectivity index (χ1v) is 9.97. The highest BCUT2D eigenvalue weighted by Crippen LogP contribution is 2.40. The largest absolute Gasteiger partial charge is 0.490 e. The van der Waals surface area contributed by atoms with Crippen molar-refractivity contribution in [2.24, 2.45) is 0 Å². The molecule has 0 saturated carbocycles. The van der Waals surface area contributed by atoms with E-state index in [9.17, 15) is 14.4 Å². The van der Waals surface area contributed by atoms with Crippen LogP contribution >= 0.6 is 27.7 Å². The quantitative estimate of drug-likeness (QED) is 0.585. The number of thioether (sulfide) groups is 1. The van der Waals surface area contributed by atoms with Crippen molar-refractivity contribution in [3.63, 3.8) is 0 Å². The summed E-state index contributed by atoms with van der Waals surface area (Å²) < 4.78 is 12.2. The molecule has 2 amide bonds. The Bertz CT molecular complexity index is 794. The molecule has 0 aliphatic carbocycles. The molecule has 1 atom stereocenters. The molecule has 0 spiro atoms. The fourth-order valence-electron chi connectivity index (χ4n) is 2.26. The van der Waals surface area contributed by atoms with E-state index in [1.807, 2.05) is 20.8 Å². The molecule has 1 saturated heterocycles. The first kappa shape index (κ1) is 21.3. The number of carboxylic acid groups (broad SMARTS) is 1.